The molecule has 0 amide bonds. The lowest BCUT2D eigenvalue weighted by Crippen LogP contribution is -2.21. The number of aliphatic hydroxyl groups is 1. The van der Waals surface area contributed by atoms with E-state index in [-0.39, 0.29) is 6.54 Å². The Bertz CT molecular complexity index is 281. The maximum Gasteiger partial charge on any atom is 0.120 e. The van der Waals surface area contributed by atoms with Crippen molar-refractivity contribution in [3.63, 3.8) is 0 Å². The van der Waals surface area contributed by atoms with Gasteiger partial charge < -0.3 is 15.6 Å². The zero-order valence-corrected chi connectivity index (χ0v) is 8.57. The molecule has 0 heterocycles. The van der Waals surface area contributed by atoms with E-state index in [1.807, 2.05) is 12.1 Å². The Morgan fingerprint density at radius 1 is 1.50 bits per heavy atom. The Morgan fingerprint density at radius 2 is 2.29 bits per heavy atom. The number of nitrogens with two attached hydrogens (primary N) is 1. The predicted molar refractivity (Wildman–Crippen MR) is 56.6 cm³/mol. The molecule has 1 unspecified atom stereocenters. The standard InChI is InChI=1S/C10H14ClNO2/c11-8-2-1-3-10(6-8)14-5-4-9(13)7-12/h1-3,6,9,13H,4-5,7,12H2. The summed E-state index contributed by atoms with van der Waals surface area (Å²) in [7, 11) is 0. The van der Waals surface area contributed by atoms with E-state index in [0.29, 0.717) is 23.8 Å². The molecule has 1 aromatic carbocycles. The topological polar surface area (TPSA) is 55.5 Å². The first-order valence-electron chi connectivity index (χ1n) is 4.49. The third kappa shape index (κ3) is 3.96. The third-order valence-corrected chi connectivity index (χ3v) is 2.02. The second kappa shape index (κ2) is 5.86. The minimum absolute atomic E-state index is 0.263. The summed E-state index contributed by atoms with van der Waals surface area (Å²) in [5.41, 5.74) is 5.25. The van der Waals surface area contributed by atoms with Gasteiger partial charge in [-0.15, -0.1) is 0 Å². The van der Waals surface area contributed by atoms with Gasteiger partial charge >= 0.3 is 0 Å². The summed E-state index contributed by atoms with van der Waals surface area (Å²) in [5, 5.41) is 9.80. The molecule has 1 atom stereocenters. The molecule has 0 saturated carbocycles. The van der Waals surface area contributed by atoms with Gasteiger partial charge in [0.25, 0.3) is 0 Å². The van der Waals surface area contributed by atoms with Crippen LogP contribution in [-0.2, 0) is 0 Å². The molecule has 78 valence electrons. The summed E-state index contributed by atoms with van der Waals surface area (Å²) < 4.78 is 5.36. The maximum atomic E-state index is 9.16. The summed E-state index contributed by atoms with van der Waals surface area (Å²) in [5.74, 6) is 0.710. The minimum atomic E-state index is -0.491. The first-order chi connectivity index (χ1) is 6.72. The normalized spacial score (nSPS) is 12.5. The molecular formula is C10H14ClNO2. The number of aliphatic hydroxyl groups excluding tert-OH is 1. The molecule has 0 aromatic heterocycles. The van der Waals surface area contributed by atoms with E-state index in [0.717, 1.165) is 0 Å². The number of benzene rings is 1. The van der Waals surface area contributed by atoms with Crippen LogP contribution in [0.2, 0.25) is 5.02 Å². The highest BCUT2D eigenvalue weighted by Crippen LogP contribution is 2.17. The predicted octanol–water partition coefficient (Wildman–Crippen LogP) is 1.43. The van der Waals surface area contributed by atoms with E-state index >= 15 is 0 Å². The summed E-state index contributed by atoms with van der Waals surface area (Å²) >= 11 is 5.76. The van der Waals surface area contributed by atoms with Crippen LogP contribution in [0.15, 0.2) is 24.3 Å². The molecule has 0 saturated heterocycles. The van der Waals surface area contributed by atoms with Crippen LogP contribution in [0.4, 0.5) is 0 Å². The monoisotopic (exact) mass is 215 g/mol. The maximum absolute atomic E-state index is 9.16. The Kier molecular flexibility index (Phi) is 4.73. The molecule has 0 bridgehead atoms. The fraction of sp³-hybridized carbons (Fsp3) is 0.400. The van der Waals surface area contributed by atoms with Crippen LogP contribution in [-0.4, -0.2) is 24.4 Å². The second-order valence-corrected chi connectivity index (χ2v) is 3.42. The van der Waals surface area contributed by atoms with Crippen LogP contribution >= 0.6 is 11.6 Å². The fourth-order valence-electron chi connectivity index (χ4n) is 0.987. The summed E-state index contributed by atoms with van der Waals surface area (Å²) in [6.07, 6.45) is 0.0393. The Balaban J connectivity index is 2.31. The van der Waals surface area contributed by atoms with Crippen molar-refractivity contribution in [3.05, 3.63) is 29.3 Å². The average molecular weight is 216 g/mol. The van der Waals surface area contributed by atoms with Crippen LogP contribution < -0.4 is 10.5 Å². The molecular weight excluding hydrogens is 202 g/mol. The van der Waals surface area contributed by atoms with Gasteiger partial charge in [0, 0.05) is 18.0 Å². The number of rotatable bonds is 5. The molecule has 4 heteroatoms. The first kappa shape index (κ1) is 11.3. The van der Waals surface area contributed by atoms with E-state index in [4.69, 9.17) is 27.2 Å². The van der Waals surface area contributed by atoms with Crippen LogP contribution in [0, 0.1) is 0 Å². The van der Waals surface area contributed by atoms with Gasteiger partial charge in [-0.3, -0.25) is 0 Å². The Hall–Kier alpha value is -0.770. The molecule has 0 aliphatic rings. The second-order valence-electron chi connectivity index (χ2n) is 2.98. The lowest BCUT2D eigenvalue weighted by molar-refractivity contribution is 0.146. The zero-order valence-electron chi connectivity index (χ0n) is 7.82. The highest BCUT2D eigenvalue weighted by Gasteiger charge is 2.01. The number of ether oxygens (including phenoxy) is 1. The van der Waals surface area contributed by atoms with Crippen molar-refractivity contribution in [2.24, 2.45) is 5.73 Å². The summed E-state index contributed by atoms with van der Waals surface area (Å²) in [6, 6.07) is 7.15. The van der Waals surface area contributed by atoms with Crippen molar-refractivity contribution in [1.29, 1.82) is 0 Å². The molecule has 0 spiro atoms. The van der Waals surface area contributed by atoms with E-state index in [1.54, 1.807) is 12.1 Å². The van der Waals surface area contributed by atoms with E-state index in [9.17, 15) is 0 Å². The van der Waals surface area contributed by atoms with Gasteiger partial charge in [-0.25, -0.2) is 0 Å². The Morgan fingerprint density at radius 3 is 2.93 bits per heavy atom. The lowest BCUT2D eigenvalue weighted by Gasteiger charge is -2.09. The molecule has 1 rings (SSSR count). The van der Waals surface area contributed by atoms with Crippen molar-refractivity contribution in [1.82, 2.24) is 0 Å². The molecule has 3 nitrogen and oxygen atoms in total. The molecule has 0 fully saturated rings. The molecule has 0 aliphatic heterocycles. The van der Waals surface area contributed by atoms with Gasteiger partial charge in [-0.2, -0.15) is 0 Å². The average Bonchev–Trinajstić information content (AvgIpc) is 2.17. The first-order valence-corrected chi connectivity index (χ1v) is 4.86. The number of halogens is 1. The highest BCUT2D eigenvalue weighted by atomic mass is 35.5. The van der Waals surface area contributed by atoms with Gasteiger partial charge in [0.1, 0.15) is 5.75 Å². The Labute approximate surface area is 88.4 Å². The molecule has 14 heavy (non-hydrogen) atoms. The summed E-state index contributed by atoms with van der Waals surface area (Å²) in [6.45, 7) is 0.706. The zero-order chi connectivity index (χ0) is 10.4. The van der Waals surface area contributed by atoms with Crippen molar-refractivity contribution in [2.75, 3.05) is 13.2 Å². The van der Waals surface area contributed by atoms with E-state index in [1.165, 1.54) is 0 Å². The van der Waals surface area contributed by atoms with Crippen LogP contribution in [0.5, 0.6) is 5.75 Å². The van der Waals surface area contributed by atoms with Gasteiger partial charge in [0.05, 0.1) is 12.7 Å². The summed E-state index contributed by atoms with van der Waals surface area (Å²) in [4.78, 5) is 0. The quantitative estimate of drug-likeness (QED) is 0.782. The molecule has 1 aromatic rings. The van der Waals surface area contributed by atoms with E-state index < -0.39 is 6.10 Å². The molecule has 0 radical (unpaired) electrons. The lowest BCUT2D eigenvalue weighted by atomic mass is 10.3. The van der Waals surface area contributed by atoms with Crippen molar-refractivity contribution in [2.45, 2.75) is 12.5 Å². The van der Waals surface area contributed by atoms with Crippen LogP contribution in [0.3, 0.4) is 0 Å². The SMILES string of the molecule is NCC(O)CCOc1cccc(Cl)c1. The van der Waals surface area contributed by atoms with Crippen molar-refractivity contribution < 1.29 is 9.84 Å². The third-order valence-electron chi connectivity index (χ3n) is 1.79. The number of hydrogen-bond acceptors (Lipinski definition) is 3. The van der Waals surface area contributed by atoms with Gasteiger partial charge in [-0.05, 0) is 18.2 Å². The highest BCUT2D eigenvalue weighted by molar-refractivity contribution is 6.30. The van der Waals surface area contributed by atoms with E-state index in [2.05, 4.69) is 0 Å². The smallest absolute Gasteiger partial charge is 0.120 e. The molecule has 0 aliphatic carbocycles. The van der Waals surface area contributed by atoms with Crippen LogP contribution in [0.1, 0.15) is 6.42 Å². The minimum Gasteiger partial charge on any atom is -0.493 e. The van der Waals surface area contributed by atoms with Crippen molar-refractivity contribution in [3.8, 4) is 5.75 Å². The van der Waals surface area contributed by atoms with Gasteiger partial charge in [-0.1, -0.05) is 17.7 Å². The van der Waals surface area contributed by atoms with Crippen LogP contribution in [0.25, 0.3) is 0 Å². The number of hydrogen-bond donors (Lipinski definition) is 2. The van der Waals surface area contributed by atoms with Crippen molar-refractivity contribution >= 4 is 11.6 Å². The largest absolute Gasteiger partial charge is 0.493 e. The van der Waals surface area contributed by atoms with Gasteiger partial charge in [0.2, 0.25) is 0 Å². The fourth-order valence-corrected chi connectivity index (χ4v) is 1.17. The molecule has 3 N–H and O–H groups in total. The van der Waals surface area contributed by atoms with Gasteiger partial charge in [0.15, 0.2) is 0 Å².